The number of fused-ring (bicyclic) bond motifs is 1. The molecule has 9 nitrogen and oxygen atoms in total. The molecule has 0 radical (unpaired) electrons. The number of aromatic nitrogens is 5. The van der Waals surface area contributed by atoms with Crippen LogP contribution in [0.2, 0.25) is 0 Å². The number of hydrogen-bond acceptors (Lipinski definition) is 5. The van der Waals surface area contributed by atoms with E-state index in [4.69, 9.17) is 0 Å². The minimum Gasteiger partial charge on any atom is -0.352 e. The molecule has 1 fully saturated rings. The number of nitrogens with zero attached hydrogens (tertiary/aromatic N) is 4. The van der Waals surface area contributed by atoms with Crippen molar-refractivity contribution >= 4 is 22.8 Å². The molecular weight excluding hydrogens is 551 g/mol. The van der Waals surface area contributed by atoms with Gasteiger partial charge in [-0.1, -0.05) is 12.5 Å². The van der Waals surface area contributed by atoms with Crippen LogP contribution >= 0.6 is 0 Å². The van der Waals surface area contributed by atoms with Crippen LogP contribution in [0.4, 0.5) is 30.7 Å². The Balaban J connectivity index is 0.000000472. The molecule has 2 aromatic heterocycles. The molecule has 2 amide bonds. The number of alkyl halides is 7. The van der Waals surface area contributed by atoms with Gasteiger partial charge in [0.1, 0.15) is 12.4 Å². The predicted molar refractivity (Wildman–Crippen MR) is 128 cm³/mol. The maximum Gasteiger partial charge on any atom is 0.389 e. The highest BCUT2D eigenvalue weighted by Crippen LogP contribution is 2.32. The van der Waals surface area contributed by atoms with E-state index in [1.807, 2.05) is 0 Å². The quantitative estimate of drug-likeness (QED) is 0.312. The van der Waals surface area contributed by atoms with Crippen molar-refractivity contribution in [2.24, 2.45) is 0 Å². The summed E-state index contributed by atoms with van der Waals surface area (Å²) in [5, 5.41) is 12.2. The second-order valence-corrected chi connectivity index (χ2v) is 9.20. The number of rotatable bonds is 9. The van der Waals surface area contributed by atoms with Crippen LogP contribution in [0.5, 0.6) is 0 Å². The lowest BCUT2D eigenvalue weighted by Gasteiger charge is -2.20. The van der Waals surface area contributed by atoms with Gasteiger partial charge in [0, 0.05) is 25.8 Å². The third kappa shape index (κ3) is 10.4. The lowest BCUT2D eigenvalue weighted by Crippen LogP contribution is -2.24. The summed E-state index contributed by atoms with van der Waals surface area (Å²) in [5.41, 5.74) is 1.70. The first kappa shape index (κ1) is 30.8. The Morgan fingerprint density at radius 3 is 2.42 bits per heavy atom. The lowest BCUT2D eigenvalue weighted by atomic mass is 9.97. The molecule has 220 valence electrons. The van der Waals surface area contributed by atoms with E-state index in [0.717, 1.165) is 17.4 Å². The van der Waals surface area contributed by atoms with Crippen molar-refractivity contribution < 1.29 is 40.3 Å². The summed E-state index contributed by atoms with van der Waals surface area (Å²) in [5.74, 6) is -3.24. The second-order valence-electron chi connectivity index (χ2n) is 9.20. The molecule has 1 aromatic carbocycles. The normalized spacial score (nSPS) is 15.0. The van der Waals surface area contributed by atoms with E-state index in [1.54, 1.807) is 18.2 Å². The summed E-state index contributed by atoms with van der Waals surface area (Å²) in [6.45, 7) is -0.674. The van der Waals surface area contributed by atoms with Crippen molar-refractivity contribution in [1.82, 2.24) is 35.6 Å². The fourth-order valence-electron chi connectivity index (χ4n) is 3.78. The van der Waals surface area contributed by atoms with E-state index in [2.05, 4.69) is 30.8 Å². The van der Waals surface area contributed by atoms with Gasteiger partial charge in [-0.15, -0.1) is 5.10 Å². The maximum atomic E-state index is 12.3. The largest absolute Gasteiger partial charge is 0.389 e. The first-order valence-electron chi connectivity index (χ1n) is 12.4. The van der Waals surface area contributed by atoms with Crippen molar-refractivity contribution in [3.8, 4) is 0 Å². The van der Waals surface area contributed by atoms with Crippen molar-refractivity contribution in [1.29, 1.82) is 0 Å². The Hall–Kier alpha value is -3.72. The van der Waals surface area contributed by atoms with Crippen LogP contribution < -0.4 is 10.6 Å². The molecule has 3 aromatic rings. The topological polar surface area (TPSA) is 118 Å². The van der Waals surface area contributed by atoms with E-state index in [9.17, 15) is 40.3 Å². The summed E-state index contributed by atoms with van der Waals surface area (Å²) < 4.78 is 85.5. The summed E-state index contributed by atoms with van der Waals surface area (Å²) in [4.78, 5) is 31.6. The maximum absolute atomic E-state index is 12.3. The SMILES string of the molecule is FC1(F)CCCCC1.O=C(CCC(F)(F)F)NCc1ccc2nc(CNC(=O)c3cnn(CC(F)F)n3)[nH]c2c1. The molecule has 0 aliphatic heterocycles. The van der Waals surface area contributed by atoms with Gasteiger partial charge in [0.2, 0.25) is 11.8 Å². The highest BCUT2D eigenvalue weighted by molar-refractivity contribution is 5.91. The van der Waals surface area contributed by atoms with Gasteiger partial charge >= 0.3 is 6.18 Å². The van der Waals surface area contributed by atoms with E-state index in [-0.39, 0.29) is 31.6 Å². The number of carbonyl (C=O) groups is 2. The minimum absolute atomic E-state index is 0.00126. The third-order valence-corrected chi connectivity index (χ3v) is 5.79. The minimum atomic E-state index is -4.39. The van der Waals surface area contributed by atoms with Gasteiger partial charge < -0.3 is 15.6 Å². The number of hydrogen-bond donors (Lipinski definition) is 3. The highest BCUT2D eigenvalue weighted by Gasteiger charge is 2.30. The smallest absolute Gasteiger partial charge is 0.352 e. The van der Waals surface area contributed by atoms with Crippen LogP contribution in [0, 0.1) is 0 Å². The molecule has 16 heteroatoms. The molecule has 0 bridgehead atoms. The van der Waals surface area contributed by atoms with Gasteiger partial charge in [-0.25, -0.2) is 22.5 Å². The molecule has 0 atom stereocenters. The standard InChI is InChI=1S/C18H18F5N7O2.C6H10F2/c19-14(20)9-30-26-7-13(29-30)17(32)25-8-15-27-11-2-1-10(5-12(11)28-15)6-24-16(31)3-4-18(21,22)23;7-6(8)4-2-1-3-5-6/h1-2,5,7,14H,3-4,6,8-9H2,(H,24,31)(H,25,32)(H,27,28);1-5H2. The number of carbonyl (C=O) groups excluding carboxylic acids is 2. The molecule has 1 aliphatic carbocycles. The Kier molecular flexibility index (Phi) is 10.5. The summed E-state index contributed by atoms with van der Waals surface area (Å²) in [6, 6.07) is 4.99. The first-order valence-corrected chi connectivity index (χ1v) is 12.4. The van der Waals surface area contributed by atoms with E-state index >= 15 is 0 Å². The van der Waals surface area contributed by atoms with Crippen molar-refractivity contribution in [3.05, 3.63) is 41.5 Å². The van der Waals surface area contributed by atoms with Gasteiger partial charge in [-0.2, -0.15) is 23.1 Å². The zero-order valence-electron chi connectivity index (χ0n) is 21.2. The molecule has 0 saturated heterocycles. The number of H-pyrrole nitrogens is 1. The number of amides is 2. The Morgan fingerprint density at radius 2 is 1.80 bits per heavy atom. The number of nitrogens with one attached hydrogen (secondary N) is 3. The Bertz CT molecular complexity index is 1270. The highest BCUT2D eigenvalue weighted by atomic mass is 19.4. The Labute approximate surface area is 223 Å². The van der Waals surface area contributed by atoms with Crippen molar-refractivity contribution in [3.63, 3.8) is 0 Å². The van der Waals surface area contributed by atoms with Gasteiger partial charge in [-0.05, 0) is 30.5 Å². The average molecular weight is 580 g/mol. The summed E-state index contributed by atoms with van der Waals surface area (Å²) in [7, 11) is 0. The molecule has 40 heavy (non-hydrogen) atoms. The fourth-order valence-corrected chi connectivity index (χ4v) is 3.78. The fraction of sp³-hybridized carbons (Fsp3) is 0.542. The van der Waals surface area contributed by atoms with Gasteiger partial charge in [0.15, 0.2) is 5.69 Å². The van der Waals surface area contributed by atoms with Crippen molar-refractivity contribution in [2.45, 2.75) is 83.1 Å². The molecule has 2 heterocycles. The third-order valence-electron chi connectivity index (χ3n) is 5.79. The monoisotopic (exact) mass is 579 g/mol. The Morgan fingerprint density at radius 1 is 1.07 bits per heavy atom. The molecule has 0 spiro atoms. The number of imidazole rings is 1. The van der Waals surface area contributed by atoms with E-state index < -0.39 is 49.7 Å². The second kappa shape index (κ2) is 13.6. The number of halogens is 7. The lowest BCUT2D eigenvalue weighted by molar-refractivity contribution is -0.144. The van der Waals surface area contributed by atoms with Crippen LogP contribution in [-0.2, 0) is 24.4 Å². The number of aromatic amines is 1. The molecule has 0 unspecified atom stereocenters. The van der Waals surface area contributed by atoms with E-state index in [0.29, 0.717) is 35.3 Å². The molecule has 1 saturated carbocycles. The molecule has 4 rings (SSSR count). The zero-order valence-corrected chi connectivity index (χ0v) is 21.2. The van der Waals surface area contributed by atoms with Gasteiger partial charge in [-0.3, -0.25) is 9.59 Å². The summed E-state index contributed by atoms with van der Waals surface area (Å²) in [6.07, 6.45) is -5.13. The van der Waals surface area contributed by atoms with Crippen LogP contribution in [0.3, 0.4) is 0 Å². The molecule has 3 N–H and O–H groups in total. The van der Waals surface area contributed by atoms with Crippen molar-refractivity contribution in [2.75, 3.05) is 0 Å². The van der Waals surface area contributed by atoms with Gasteiger partial charge in [0.05, 0.1) is 30.2 Å². The zero-order chi connectivity index (χ0) is 29.3. The molecular formula is C24H28F7N7O2. The van der Waals surface area contributed by atoms with Gasteiger partial charge in [0.25, 0.3) is 12.3 Å². The summed E-state index contributed by atoms with van der Waals surface area (Å²) >= 11 is 0. The predicted octanol–water partition coefficient (Wildman–Crippen LogP) is 4.89. The van der Waals surface area contributed by atoms with Crippen LogP contribution in [0.15, 0.2) is 24.4 Å². The average Bonchev–Trinajstić information content (AvgIpc) is 3.50. The van der Waals surface area contributed by atoms with Crippen LogP contribution in [0.1, 0.15) is 66.8 Å². The molecule has 1 aliphatic rings. The first-order chi connectivity index (χ1) is 18.8. The van der Waals surface area contributed by atoms with Crippen LogP contribution in [0.25, 0.3) is 11.0 Å². The van der Waals surface area contributed by atoms with E-state index in [1.165, 1.54) is 0 Å². The van der Waals surface area contributed by atoms with Crippen LogP contribution in [-0.4, -0.2) is 55.3 Å². The number of benzene rings is 1.